The van der Waals surface area contributed by atoms with Gasteiger partial charge in [-0.05, 0) is 62.2 Å². The van der Waals surface area contributed by atoms with Gasteiger partial charge in [-0.1, -0.05) is 12.1 Å². The number of carbonyl (C=O) groups excluding carboxylic acids is 5. The molecule has 0 aromatic heterocycles. The van der Waals surface area contributed by atoms with E-state index in [1.54, 1.807) is 58.5 Å². The van der Waals surface area contributed by atoms with Crippen molar-refractivity contribution in [2.24, 2.45) is 29.4 Å². The van der Waals surface area contributed by atoms with Gasteiger partial charge < -0.3 is 25.6 Å². The number of carbonyl (C=O) groups is 5. The fourth-order valence-corrected chi connectivity index (χ4v) is 7.04. The molecule has 2 fully saturated rings. The zero-order valence-corrected chi connectivity index (χ0v) is 23.5. The number of ketones is 4. The highest BCUT2D eigenvalue weighted by Gasteiger charge is 2.69. The van der Waals surface area contributed by atoms with E-state index in [0.29, 0.717) is 28.1 Å². The number of phenols is 1. The second-order valence-electron chi connectivity index (χ2n) is 11.6. The van der Waals surface area contributed by atoms with E-state index in [2.05, 4.69) is 0 Å². The number of Topliss-reactive ketones (excluding diaryl/α,β-unsaturated/α-hetero) is 4. The third-order valence-corrected chi connectivity index (χ3v) is 8.92. The van der Waals surface area contributed by atoms with Gasteiger partial charge in [-0.2, -0.15) is 0 Å². The molecule has 0 radical (unpaired) electrons. The Morgan fingerprint density at radius 2 is 1.68 bits per heavy atom. The quantitative estimate of drug-likeness (QED) is 0.439. The SMILES string of the molecule is COc1ccc(-c2cc(N(C)C)c3c(c2O)C(=O)C2C(=O)[C@@]4(O)C(=O)C(C(N)=O)C(=O)[C@H](N(C)C)[C@H]4C[C@H]2C3)cc1. The van der Waals surface area contributed by atoms with Gasteiger partial charge in [0.25, 0.3) is 0 Å². The molecule has 0 aliphatic heterocycles. The lowest BCUT2D eigenvalue weighted by atomic mass is 9.52. The number of aromatic hydroxyl groups is 1. The predicted octanol–water partition coefficient (Wildman–Crippen LogP) is 0.609. The second kappa shape index (κ2) is 9.78. The number of nitrogens with two attached hydrogens (primary N) is 1. The number of primary amides is 1. The van der Waals surface area contributed by atoms with Crippen molar-refractivity contribution in [3.05, 3.63) is 41.5 Å². The van der Waals surface area contributed by atoms with Crippen LogP contribution in [-0.4, -0.2) is 91.1 Å². The molecule has 3 aliphatic carbocycles. The normalized spacial score (nSPS) is 29.1. The minimum absolute atomic E-state index is 0.00223. The van der Waals surface area contributed by atoms with E-state index < -0.39 is 64.4 Å². The number of fused-ring (bicyclic) bond motifs is 3. The maximum Gasteiger partial charge on any atom is 0.235 e. The summed E-state index contributed by atoms with van der Waals surface area (Å²) in [6.45, 7) is 0. The maximum atomic E-state index is 14.1. The van der Waals surface area contributed by atoms with Crippen molar-refractivity contribution in [1.29, 1.82) is 0 Å². The molecule has 0 bridgehead atoms. The van der Waals surface area contributed by atoms with E-state index in [1.807, 2.05) is 4.90 Å². The summed E-state index contributed by atoms with van der Waals surface area (Å²) in [7, 11) is 8.24. The third kappa shape index (κ3) is 3.98. The van der Waals surface area contributed by atoms with Crippen LogP contribution >= 0.6 is 0 Å². The highest BCUT2D eigenvalue weighted by Crippen LogP contribution is 2.53. The number of ether oxygens (including phenoxy) is 1. The second-order valence-corrected chi connectivity index (χ2v) is 11.6. The Labute approximate surface area is 236 Å². The number of hydrogen-bond donors (Lipinski definition) is 3. The Morgan fingerprint density at radius 1 is 1.05 bits per heavy atom. The van der Waals surface area contributed by atoms with Gasteiger partial charge in [-0.25, -0.2) is 0 Å². The number of aliphatic hydroxyl groups is 1. The molecule has 216 valence electrons. The Balaban J connectivity index is 1.67. The van der Waals surface area contributed by atoms with Crippen LogP contribution in [0.5, 0.6) is 11.5 Å². The molecule has 2 unspecified atom stereocenters. The van der Waals surface area contributed by atoms with Gasteiger partial charge in [0.1, 0.15) is 11.5 Å². The Hall–Kier alpha value is -4.09. The Bertz CT molecular complexity index is 1500. The van der Waals surface area contributed by atoms with Crippen molar-refractivity contribution >= 4 is 34.7 Å². The van der Waals surface area contributed by atoms with Crippen LogP contribution < -0.4 is 15.4 Å². The van der Waals surface area contributed by atoms with Crippen LogP contribution in [0.15, 0.2) is 30.3 Å². The molecule has 11 nitrogen and oxygen atoms in total. The number of benzene rings is 2. The van der Waals surface area contributed by atoms with Crippen LogP contribution in [0.25, 0.3) is 11.1 Å². The zero-order valence-electron chi connectivity index (χ0n) is 23.5. The summed E-state index contributed by atoms with van der Waals surface area (Å²) in [5, 5.41) is 23.2. The van der Waals surface area contributed by atoms with Crippen molar-refractivity contribution in [2.45, 2.75) is 24.5 Å². The smallest absolute Gasteiger partial charge is 0.235 e. The number of amides is 1. The molecule has 4 N–H and O–H groups in total. The molecule has 6 atom stereocenters. The molecular formula is C30H33N3O8. The lowest BCUT2D eigenvalue weighted by Gasteiger charge is -2.52. The van der Waals surface area contributed by atoms with Gasteiger partial charge in [0.2, 0.25) is 5.91 Å². The van der Waals surface area contributed by atoms with Crippen LogP contribution in [-0.2, 0) is 25.6 Å². The highest BCUT2D eigenvalue weighted by atomic mass is 16.5. The summed E-state index contributed by atoms with van der Waals surface area (Å²) in [6.07, 6.45) is 0.188. The molecule has 0 heterocycles. The summed E-state index contributed by atoms with van der Waals surface area (Å²) in [5.74, 6) is -10.1. The van der Waals surface area contributed by atoms with Gasteiger partial charge in [0.15, 0.2) is 34.7 Å². The van der Waals surface area contributed by atoms with Crippen molar-refractivity contribution in [3.8, 4) is 22.6 Å². The van der Waals surface area contributed by atoms with Crippen molar-refractivity contribution in [3.63, 3.8) is 0 Å². The number of methoxy groups -OCH3 is 1. The van der Waals surface area contributed by atoms with Crippen molar-refractivity contribution < 1.29 is 38.9 Å². The zero-order chi connectivity index (χ0) is 30.1. The third-order valence-electron chi connectivity index (χ3n) is 8.92. The Morgan fingerprint density at radius 3 is 2.22 bits per heavy atom. The molecule has 5 rings (SSSR count). The number of hydrogen-bond acceptors (Lipinski definition) is 10. The topological polar surface area (TPSA) is 168 Å². The summed E-state index contributed by atoms with van der Waals surface area (Å²) in [5.41, 5.74) is 4.75. The first-order valence-electron chi connectivity index (χ1n) is 13.3. The van der Waals surface area contributed by atoms with Gasteiger partial charge in [-0.3, -0.25) is 28.9 Å². The number of anilines is 1. The molecule has 0 saturated heterocycles. The van der Waals surface area contributed by atoms with E-state index in [4.69, 9.17) is 10.5 Å². The fraction of sp³-hybridized carbons (Fsp3) is 0.433. The highest BCUT2D eigenvalue weighted by molar-refractivity contribution is 6.32. The number of likely N-dealkylation sites (N-methyl/N-ethyl adjacent to an activating group) is 1. The molecule has 2 saturated carbocycles. The lowest BCUT2D eigenvalue weighted by Crippen LogP contribution is -2.74. The van der Waals surface area contributed by atoms with E-state index in [9.17, 15) is 34.2 Å². The Kier molecular flexibility index (Phi) is 6.78. The molecule has 2 aromatic rings. The first-order chi connectivity index (χ1) is 19.2. The van der Waals surface area contributed by atoms with Gasteiger partial charge in [0.05, 0.1) is 24.6 Å². The van der Waals surface area contributed by atoms with Crippen molar-refractivity contribution in [2.75, 3.05) is 40.2 Å². The number of nitrogens with zero attached hydrogens (tertiary/aromatic N) is 2. The lowest BCUT2D eigenvalue weighted by molar-refractivity contribution is -0.181. The summed E-state index contributed by atoms with van der Waals surface area (Å²) < 4.78 is 5.22. The first kappa shape index (κ1) is 28.4. The average Bonchev–Trinajstić information content (AvgIpc) is 2.90. The van der Waals surface area contributed by atoms with Crippen LogP contribution in [0.1, 0.15) is 22.3 Å². The molecule has 41 heavy (non-hydrogen) atoms. The molecule has 0 spiro atoms. The van der Waals surface area contributed by atoms with E-state index in [-0.39, 0.29) is 24.2 Å². The molecule has 1 amide bonds. The molecule has 11 heteroatoms. The van der Waals surface area contributed by atoms with Crippen LogP contribution in [0.2, 0.25) is 0 Å². The molecule has 3 aliphatic rings. The maximum absolute atomic E-state index is 14.1. The average molecular weight is 564 g/mol. The standard InChI is InChI=1S/C30H33N3O8/c1-32(2)19-12-16(13-6-8-15(41-5)9-7-13)24(34)21-17(19)10-14-11-18-23(33(3)4)26(36)22(29(31)39)28(38)30(18,40)27(37)20(14)25(21)35/h6-9,12,14,18,20,22-23,34,40H,10-11H2,1-5H3,(H2,31,39)/t14-,18-,20?,22?,23-,30-/m1/s1. The van der Waals surface area contributed by atoms with E-state index in [0.717, 1.165) is 0 Å². The van der Waals surface area contributed by atoms with E-state index >= 15 is 0 Å². The van der Waals surface area contributed by atoms with Crippen LogP contribution in [0.3, 0.4) is 0 Å². The first-order valence-corrected chi connectivity index (χ1v) is 13.3. The fourth-order valence-electron chi connectivity index (χ4n) is 7.04. The predicted molar refractivity (Wildman–Crippen MR) is 148 cm³/mol. The summed E-state index contributed by atoms with van der Waals surface area (Å²) >= 11 is 0. The molecule has 2 aromatic carbocycles. The molecular weight excluding hydrogens is 530 g/mol. The largest absolute Gasteiger partial charge is 0.507 e. The monoisotopic (exact) mass is 563 g/mol. The summed E-state index contributed by atoms with van der Waals surface area (Å²) in [4.78, 5) is 70.4. The summed E-state index contributed by atoms with van der Waals surface area (Å²) in [6, 6.07) is 7.53. The van der Waals surface area contributed by atoms with Crippen LogP contribution in [0.4, 0.5) is 5.69 Å². The minimum atomic E-state index is -2.76. The van der Waals surface area contributed by atoms with Crippen LogP contribution in [0, 0.1) is 23.7 Å². The van der Waals surface area contributed by atoms with Gasteiger partial charge >= 0.3 is 0 Å². The van der Waals surface area contributed by atoms with Gasteiger partial charge in [0, 0.05) is 31.3 Å². The number of phenolic OH excluding ortho intramolecular Hbond substituents is 1. The van der Waals surface area contributed by atoms with E-state index in [1.165, 1.54) is 12.0 Å². The number of rotatable bonds is 5. The minimum Gasteiger partial charge on any atom is -0.507 e. The van der Waals surface area contributed by atoms with Crippen molar-refractivity contribution in [1.82, 2.24) is 4.90 Å². The van der Waals surface area contributed by atoms with Gasteiger partial charge in [-0.15, -0.1) is 0 Å².